The molecule has 0 aliphatic carbocycles. The Balaban J connectivity index is 0. The second-order valence-electron chi connectivity index (χ2n) is 2.88. The fraction of sp³-hybridized carbons (Fsp3) is 0.429. The van der Waals surface area contributed by atoms with Gasteiger partial charge in [0.25, 0.3) is 0 Å². The summed E-state index contributed by atoms with van der Waals surface area (Å²) in [5, 5.41) is 0.572. The van der Waals surface area contributed by atoms with Crippen molar-refractivity contribution in [3.63, 3.8) is 0 Å². The summed E-state index contributed by atoms with van der Waals surface area (Å²) >= 11 is 5.49. The molecular formula is C7H13Cl2N. The molecule has 0 fully saturated rings. The predicted octanol–water partition coefficient (Wildman–Crippen LogP) is -1.04. The molecule has 0 aromatic heterocycles. The van der Waals surface area contributed by atoms with Crippen LogP contribution in [0.25, 0.3) is 0 Å². The lowest BCUT2D eigenvalue weighted by atomic mass is 10.5. The second-order valence-corrected chi connectivity index (χ2v) is 3.36. The maximum absolute atomic E-state index is 5.49. The van der Waals surface area contributed by atoms with Crippen LogP contribution in [-0.4, -0.2) is 25.6 Å². The fourth-order valence-electron chi connectivity index (χ4n) is 0.304. The van der Waals surface area contributed by atoms with Gasteiger partial charge in [-0.2, -0.15) is 0 Å². The maximum Gasteiger partial charge on any atom is 0.0966 e. The van der Waals surface area contributed by atoms with Gasteiger partial charge in [0.05, 0.1) is 27.3 Å². The Morgan fingerprint density at radius 3 is 1.90 bits per heavy atom. The lowest BCUT2D eigenvalue weighted by molar-refractivity contribution is -0.817. The van der Waals surface area contributed by atoms with Gasteiger partial charge >= 0.3 is 0 Å². The molecule has 0 aliphatic rings. The first-order chi connectivity index (χ1) is 3.92. The summed E-state index contributed by atoms with van der Waals surface area (Å²) in [4.78, 5) is 0. The van der Waals surface area contributed by atoms with Gasteiger partial charge in [-0.3, -0.25) is 0 Å². The monoisotopic (exact) mass is 181 g/mol. The van der Waals surface area contributed by atoms with Crippen LogP contribution in [0.4, 0.5) is 0 Å². The smallest absolute Gasteiger partial charge is 0.0966 e. The van der Waals surface area contributed by atoms with E-state index in [9.17, 15) is 0 Å². The third-order valence-corrected chi connectivity index (χ3v) is 0.829. The van der Waals surface area contributed by atoms with E-state index in [1.54, 1.807) is 6.08 Å². The molecule has 0 aliphatic heterocycles. The molecule has 0 heterocycles. The molecule has 0 unspecified atom stereocenters. The third kappa shape index (κ3) is 10.9. The first-order valence-electron chi connectivity index (χ1n) is 2.76. The highest BCUT2D eigenvalue weighted by molar-refractivity contribution is 6.30. The highest BCUT2D eigenvalue weighted by Crippen LogP contribution is 2.00. The van der Waals surface area contributed by atoms with Crippen molar-refractivity contribution < 1.29 is 16.9 Å². The molecule has 0 amide bonds. The van der Waals surface area contributed by atoms with Crippen molar-refractivity contribution in [2.24, 2.45) is 0 Å². The SMILES string of the molecule is C=C(Cl)C=C[N+](C)(C)C.[Cl-]. The highest BCUT2D eigenvalue weighted by Gasteiger charge is 1.98. The molecular weight excluding hydrogens is 169 g/mol. The zero-order valence-electron chi connectivity index (χ0n) is 6.56. The second kappa shape index (κ2) is 4.78. The largest absolute Gasteiger partial charge is 1.00 e. The van der Waals surface area contributed by atoms with Gasteiger partial charge in [-0.15, -0.1) is 0 Å². The summed E-state index contributed by atoms with van der Waals surface area (Å²) in [6.07, 6.45) is 3.76. The van der Waals surface area contributed by atoms with Crippen LogP contribution in [0, 0.1) is 0 Å². The molecule has 0 radical (unpaired) electrons. The Labute approximate surface area is 74.0 Å². The highest BCUT2D eigenvalue weighted by atomic mass is 35.5. The van der Waals surface area contributed by atoms with Crippen LogP contribution in [0.15, 0.2) is 23.9 Å². The van der Waals surface area contributed by atoms with E-state index in [0.717, 1.165) is 4.48 Å². The Bertz CT molecular complexity index is 133. The van der Waals surface area contributed by atoms with Crippen LogP contribution < -0.4 is 12.4 Å². The molecule has 0 bridgehead atoms. The van der Waals surface area contributed by atoms with Crippen LogP contribution in [0.2, 0.25) is 0 Å². The van der Waals surface area contributed by atoms with Crippen LogP contribution in [-0.2, 0) is 0 Å². The molecule has 1 nitrogen and oxygen atoms in total. The molecule has 0 saturated carbocycles. The molecule has 0 aromatic rings. The van der Waals surface area contributed by atoms with Crippen molar-refractivity contribution in [3.05, 3.63) is 23.9 Å². The van der Waals surface area contributed by atoms with Crippen molar-refractivity contribution in [1.82, 2.24) is 0 Å². The average Bonchev–Trinajstić information content (AvgIpc) is 1.59. The number of halogens is 2. The quantitative estimate of drug-likeness (QED) is 0.378. The molecule has 0 saturated heterocycles. The minimum absolute atomic E-state index is 0. The van der Waals surface area contributed by atoms with Crippen molar-refractivity contribution in [2.45, 2.75) is 0 Å². The molecule has 0 aromatic carbocycles. The molecule has 3 heteroatoms. The lowest BCUT2D eigenvalue weighted by Crippen LogP contribution is -3.00. The van der Waals surface area contributed by atoms with E-state index < -0.39 is 0 Å². The number of hydrogen-bond donors (Lipinski definition) is 0. The van der Waals surface area contributed by atoms with Gasteiger partial charge < -0.3 is 16.9 Å². The van der Waals surface area contributed by atoms with Crippen molar-refractivity contribution in [3.8, 4) is 0 Å². The standard InChI is InChI=1S/C7H13ClN.ClH/c1-7(8)5-6-9(2,3)4;/h5-6H,1H2,2-4H3;1H/q+1;/p-1. The molecule has 0 rings (SSSR count). The molecule has 0 N–H and O–H groups in total. The minimum Gasteiger partial charge on any atom is -1.00 e. The summed E-state index contributed by atoms with van der Waals surface area (Å²) in [5.74, 6) is 0. The summed E-state index contributed by atoms with van der Waals surface area (Å²) in [6, 6.07) is 0. The maximum atomic E-state index is 5.49. The Hall–Kier alpha value is 0.0200. The Morgan fingerprint density at radius 2 is 1.80 bits per heavy atom. The minimum atomic E-state index is 0. The molecule has 0 spiro atoms. The fourth-order valence-corrected chi connectivity index (χ4v) is 0.361. The van der Waals surface area contributed by atoms with E-state index in [2.05, 4.69) is 27.7 Å². The van der Waals surface area contributed by atoms with Crippen LogP contribution >= 0.6 is 11.6 Å². The number of hydrogen-bond acceptors (Lipinski definition) is 0. The van der Waals surface area contributed by atoms with Crippen molar-refractivity contribution in [2.75, 3.05) is 21.1 Å². The van der Waals surface area contributed by atoms with Gasteiger partial charge in [-0.25, -0.2) is 0 Å². The number of nitrogens with zero attached hydrogens (tertiary/aromatic N) is 1. The third-order valence-electron chi connectivity index (χ3n) is 0.703. The van der Waals surface area contributed by atoms with Crippen LogP contribution in [0.1, 0.15) is 0 Å². The topological polar surface area (TPSA) is 0 Å². The first-order valence-corrected chi connectivity index (χ1v) is 3.14. The Morgan fingerprint density at radius 1 is 1.40 bits per heavy atom. The van der Waals surface area contributed by atoms with E-state index >= 15 is 0 Å². The van der Waals surface area contributed by atoms with E-state index in [1.165, 1.54) is 0 Å². The number of allylic oxidation sites excluding steroid dienone is 2. The average molecular weight is 182 g/mol. The molecule has 60 valence electrons. The van der Waals surface area contributed by atoms with Gasteiger partial charge in [0.1, 0.15) is 0 Å². The summed E-state index contributed by atoms with van der Waals surface area (Å²) in [7, 11) is 6.16. The van der Waals surface area contributed by atoms with Crippen molar-refractivity contribution >= 4 is 11.6 Å². The van der Waals surface area contributed by atoms with Crippen molar-refractivity contribution in [1.29, 1.82) is 0 Å². The predicted molar refractivity (Wildman–Crippen MR) is 42.2 cm³/mol. The van der Waals surface area contributed by atoms with E-state index in [0.29, 0.717) is 5.03 Å². The van der Waals surface area contributed by atoms with Gasteiger partial charge in [0.15, 0.2) is 0 Å². The van der Waals surface area contributed by atoms with E-state index in [4.69, 9.17) is 11.6 Å². The first kappa shape index (κ1) is 12.7. The summed E-state index contributed by atoms with van der Waals surface area (Å²) < 4.78 is 0.770. The van der Waals surface area contributed by atoms with Gasteiger partial charge in [-0.05, 0) is 0 Å². The van der Waals surface area contributed by atoms with Crippen LogP contribution in [0.5, 0.6) is 0 Å². The van der Waals surface area contributed by atoms with Gasteiger partial charge in [0, 0.05) is 11.1 Å². The number of rotatable bonds is 2. The zero-order chi connectivity index (χ0) is 7.49. The normalized spacial score (nSPS) is 11.2. The number of quaternary nitrogens is 1. The van der Waals surface area contributed by atoms with Gasteiger partial charge in [0.2, 0.25) is 0 Å². The Kier molecular flexibility index (Phi) is 6.06. The zero-order valence-corrected chi connectivity index (χ0v) is 8.08. The lowest BCUT2D eigenvalue weighted by Gasteiger charge is -2.16. The van der Waals surface area contributed by atoms with E-state index in [1.807, 2.05) is 6.20 Å². The van der Waals surface area contributed by atoms with Crippen LogP contribution in [0.3, 0.4) is 0 Å². The van der Waals surface area contributed by atoms with E-state index in [-0.39, 0.29) is 12.4 Å². The molecule has 10 heavy (non-hydrogen) atoms. The molecule has 0 atom stereocenters. The van der Waals surface area contributed by atoms with Gasteiger partial charge in [-0.1, -0.05) is 18.2 Å². The summed E-state index contributed by atoms with van der Waals surface area (Å²) in [6.45, 7) is 3.53. The summed E-state index contributed by atoms with van der Waals surface area (Å²) in [5.41, 5.74) is 0.